The molecule has 3 aromatic carbocycles. The predicted molar refractivity (Wildman–Crippen MR) is 213 cm³/mol. The zero-order valence-corrected chi connectivity index (χ0v) is 31.6. The summed E-state index contributed by atoms with van der Waals surface area (Å²) in [5.74, 6) is -0.387. The Hall–Kier alpha value is -6.35. The molecule has 8 rings (SSSR count). The Balaban J connectivity index is 0.780. The molecule has 1 atom stereocenters. The van der Waals surface area contributed by atoms with Crippen molar-refractivity contribution in [2.75, 3.05) is 37.2 Å². The van der Waals surface area contributed by atoms with Gasteiger partial charge >= 0.3 is 5.69 Å². The highest BCUT2D eigenvalue weighted by Crippen LogP contribution is 2.31. The molecule has 294 valence electrons. The van der Waals surface area contributed by atoms with Gasteiger partial charge in [0.1, 0.15) is 29.4 Å². The van der Waals surface area contributed by atoms with Crippen molar-refractivity contribution in [2.45, 2.75) is 69.9 Å². The number of nitrogen functional groups attached to an aromatic ring is 1. The van der Waals surface area contributed by atoms with Gasteiger partial charge in [-0.05, 0) is 93.2 Å². The van der Waals surface area contributed by atoms with Gasteiger partial charge in [0.05, 0.1) is 16.8 Å². The maximum atomic E-state index is 14.1. The largest absolute Gasteiger partial charge is 0.457 e. The quantitative estimate of drug-likeness (QED) is 0.101. The summed E-state index contributed by atoms with van der Waals surface area (Å²) in [4.78, 5) is 76.2. The highest BCUT2D eigenvalue weighted by atomic mass is 16.5. The Morgan fingerprint density at radius 3 is 2.28 bits per heavy atom. The summed E-state index contributed by atoms with van der Waals surface area (Å²) in [5, 5.41) is 5.58. The number of carbonyl (C=O) groups is 4. The van der Waals surface area contributed by atoms with E-state index in [0.717, 1.165) is 87.5 Å². The third kappa shape index (κ3) is 7.74. The Kier molecular flexibility index (Phi) is 10.8. The summed E-state index contributed by atoms with van der Waals surface area (Å²) >= 11 is 0. The molecule has 0 saturated carbocycles. The van der Waals surface area contributed by atoms with Gasteiger partial charge in [0.2, 0.25) is 11.8 Å². The second-order valence-corrected chi connectivity index (χ2v) is 14.8. The molecule has 57 heavy (non-hydrogen) atoms. The molecule has 0 spiro atoms. The van der Waals surface area contributed by atoms with Crippen molar-refractivity contribution in [3.8, 4) is 17.2 Å². The van der Waals surface area contributed by atoms with E-state index in [1.807, 2.05) is 54.6 Å². The standard InChI is InChI=1S/C42H45N9O6/c43-37-36-38(46-26-45-37)50(42(56)49(36)28-12-14-31(15-13-28)57-30-9-5-4-6-10-30)29-19-23-48(24-20-29)22-8-3-1-2-7-21-44-27-11-16-32-33(25-27)41(55)51(40(32)54)34-17-18-35(52)47-39(34)53/h4-6,9-16,25-26,29,34,44H,1-3,7-8,17-24H2,(H2,43,45,46)(H,47,52,53). The minimum absolute atomic E-state index is 0.00598. The molecule has 5 aromatic rings. The van der Waals surface area contributed by atoms with Crippen LogP contribution in [0.2, 0.25) is 0 Å². The van der Waals surface area contributed by atoms with E-state index >= 15 is 0 Å². The second kappa shape index (κ2) is 16.4. The molecule has 15 nitrogen and oxygen atoms in total. The molecule has 4 N–H and O–H groups in total. The molecule has 1 unspecified atom stereocenters. The van der Waals surface area contributed by atoms with E-state index in [2.05, 4.69) is 25.5 Å². The van der Waals surface area contributed by atoms with E-state index in [-0.39, 0.29) is 41.5 Å². The third-order valence-corrected chi connectivity index (χ3v) is 11.1. The van der Waals surface area contributed by atoms with E-state index < -0.39 is 29.7 Å². The molecule has 5 heterocycles. The number of para-hydroxylation sites is 1. The van der Waals surface area contributed by atoms with Gasteiger partial charge in [-0.25, -0.2) is 14.8 Å². The summed E-state index contributed by atoms with van der Waals surface area (Å²) in [7, 11) is 0. The van der Waals surface area contributed by atoms with Crippen LogP contribution in [0.25, 0.3) is 16.9 Å². The summed E-state index contributed by atoms with van der Waals surface area (Å²) in [5.41, 5.74) is 9.17. The number of amides is 4. The topological polar surface area (TPSA) is 187 Å². The van der Waals surface area contributed by atoms with Crippen LogP contribution in [0.3, 0.4) is 0 Å². The number of unbranched alkanes of at least 4 members (excludes halogenated alkanes) is 4. The number of piperidine rings is 2. The fourth-order valence-electron chi connectivity index (χ4n) is 8.13. The summed E-state index contributed by atoms with van der Waals surface area (Å²) in [6, 6.07) is 21.0. The van der Waals surface area contributed by atoms with E-state index in [9.17, 15) is 24.0 Å². The first-order chi connectivity index (χ1) is 27.8. The zero-order valence-electron chi connectivity index (χ0n) is 31.6. The Labute approximate surface area is 328 Å². The molecule has 0 radical (unpaired) electrons. The van der Waals surface area contributed by atoms with Crippen LogP contribution in [0, 0.1) is 0 Å². The fourth-order valence-corrected chi connectivity index (χ4v) is 8.13. The molecule has 0 aliphatic carbocycles. The lowest BCUT2D eigenvalue weighted by atomic mass is 10.0. The lowest BCUT2D eigenvalue weighted by Crippen LogP contribution is -2.54. The maximum absolute atomic E-state index is 14.1. The van der Waals surface area contributed by atoms with E-state index in [1.165, 1.54) is 6.33 Å². The van der Waals surface area contributed by atoms with E-state index in [4.69, 9.17) is 10.5 Å². The van der Waals surface area contributed by atoms with Gasteiger partial charge in [0.15, 0.2) is 11.5 Å². The van der Waals surface area contributed by atoms with Crippen LogP contribution in [0.5, 0.6) is 11.5 Å². The number of imidazole rings is 1. The van der Waals surface area contributed by atoms with E-state index in [0.29, 0.717) is 22.6 Å². The number of hydrogen-bond donors (Lipinski definition) is 3. The molecule has 2 fully saturated rings. The number of ether oxygens (including phenoxy) is 1. The van der Waals surface area contributed by atoms with Crippen LogP contribution in [0.15, 0.2) is 83.9 Å². The number of likely N-dealkylation sites (tertiary alicyclic amines) is 1. The molecule has 4 amide bonds. The van der Waals surface area contributed by atoms with Crippen molar-refractivity contribution in [3.63, 3.8) is 0 Å². The summed E-state index contributed by atoms with van der Waals surface area (Å²) in [6.07, 6.45) is 8.62. The smallest absolute Gasteiger partial charge is 0.335 e. The first-order valence-corrected chi connectivity index (χ1v) is 19.7. The first kappa shape index (κ1) is 37.6. The number of benzene rings is 3. The predicted octanol–water partition coefficient (Wildman–Crippen LogP) is 5.06. The molecule has 3 aliphatic heterocycles. The molecule has 2 saturated heterocycles. The Bertz CT molecular complexity index is 2370. The van der Waals surface area contributed by atoms with Gasteiger partial charge < -0.3 is 20.7 Å². The average Bonchev–Trinajstić information content (AvgIpc) is 3.65. The number of nitrogens with zero attached hydrogens (tertiary/aromatic N) is 6. The summed E-state index contributed by atoms with van der Waals surface area (Å²) < 4.78 is 9.35. The van der Waals surface area contributed by atoms with Gasteiger partial charge in [-0.2, -0.15) is 0 Å². The van der Waals surface area contributed by atoms with Crippen molar-refractivity contribution < 1.29 is 23.9 Å². The number of rotatable bonds is 14. The lowest BCUT2D eigenvalue weighted by molar-refractivity contribution is -0.136. The lowest BCUT2D eigenvalue weighted by Gasteiger charge is -2.32. The van der Waals surface area contributed by atoms with Gasteiger partial charge in [-0.1, -0.05) is 37.5 Å². The number of nitrogens with two attached hydrogens (primary N) is 1. The molecule has 2 aromatic heterocycles. The van der Waals surface area contributed by atoms with Crippen molar-refractivity contribution in [3.05, 3.63) is 101 Å². The number of aromatic nitrogens is 4. The summed E-state index contributed by atoms with van der Waals surface area (Å²) in [6.45, 7) is 3.51. The van der Waals surface area contributed by atoms with Crippen molar-refractivity contribution >= 4 is 46.3 Å². The van der Waals surface area contributed by atoms with Crippen molar-refractivity contribution in [2.24, 2.45) is 0 Å². The minimum atomic E-state index is -0.975. The number of carbonyl (C=O) groups excluding carboxylic acids is 4. The van der Waals surface area contributed by atoms with Crippen molar-refractivity contribution in [1.29, 1.82) is 0 Å². The highest BCUT2D eigenvalue weighted by molar-refractivity contribution is 6.23. The van der Waals surface area contributed by atoms with Crippen molar-refractivity contribution in [1.82, 2.24) is 34.2 Å². The van der Waals surface area contributed by atoms with E-state index in [1.54, 1.807) is 27.3 Å². The number of nitrogens with one attached hydrogen (secondary N) is 2. The number of hydrogen-bond acceptors (Lipinski definition) is 11. The molecular weight excluding hydrogens is 727 g/mol. The van der Waals surface area contributed by atoms with Crippen LogP contribution in [0.1, 0.15) is 84.5 Å². The Morgan fingerprint density at radius 1 is 0.789 bits per heavy atom. The molecule has 3 aliphatic rings. The van der Waals surface area contributed by atoms with Gasteiger partial charge in [-0.15, -0.1) is 0 Å². The van der Waals surface area contributed by atoms with Crippen LogP contribution in [-0.4, -0.2) is 84.8 Å². The third-order valence-electron chi connectivity index (χ3n) is 11.1. The number of anilines is 2. The van der Waals surface area contributed by atoms with Gasteiger partial charge in [0, 0.05) is 37.8 Å². The monoisotopic (exact) mass is 771 g/mol. The zero-order chi connectivity index (χ0) is 39.5. The van der Waals surface area contributed by atoms with Crippen LogP contribution in [0.4, 0.5) is 11.5 Å². The Morgan fingerprint density at radius 2 is 1.51 bits per heavy atom. The maximum Gasteiger partial charge on any atom is 0.335 e. The minimum Gasteiger partial charge on any atom is -0.457 e. The van der Waals surface area contributed by atoms with Crippen LogP contribution in [-0.2, 0) is 9.59 Å². The van der Waals surface area contributed by atoms with Gasteiger partial charge in [0.25, 0.3) is 11.8 Å². The SMILES string of the molecule is Nc1ncnc2c1n(-c1ccc(Oc3ccccc3)cc1)c(=O)n2C1CCN(CCCCCCCNc2ccc3c(c2)C(=O)N(C2CCC(=O)NC2=O)C3=O)CC1. The highest BCUT2D eigenvalue weighted by Gasteiger charge is 2.44. The molecular formula is C42H45N9O6. The molecule has 0 bridgehead atoms. The first-order valence-electron chi connectivity index (χ1n) is 19.7. The van der Waals surface area contributed by atoms with Crippen LogP contribution < -0.4 is 26.8 Å². The number of imide groups is 2. The number of fused-ring (bicyclic) bond motifs is 2. The van der Waals surface area contributed by atoms with Crippen LogP contribution >= 0.6 is 0 Å². The average molecular weight is 772 g/mol. The molecule has 15 heteroatoms. The normalized spacial score (nSPS) is 17.6. The second-order valence-electron chi connectivity index (χ2n) is 14.8. The van der Waals surface area contributed by atoms with Gasteiger partial charge in [-0.3, -0.25) is 38.5 Å². The fraction of sp³-hybridized carbons (Fsp3) is 0.357.